The van der Waals surface area contributed by atoms with Crippen molar-refractivity contribution in [2.75, 3.05) is 0 Å². The second kappa shape index (κ2) is 4.91. The molecule has 4 nitrogen and oxygen atoms in total. The lowest BCUT2D eigenvalue weighted by atomic mass is 10.0. The second-order valence-corrected chi connectivity index (χ2v) is 5.51. The molecule has 0 spiro atoms. The predicted molar refractivity (Wildman–Crippen MR) is 82.7 cm³/mol. The van der Waals surface area contributed by atoms with Crippen LogP contribution in [0.3, 0.4) is 0 Å². The van der Waals surface area contributed by atoms with Crippen molar-refractivity contribution in [3.63, 3.8) is 0 Å². The molecule has 0 radical (unpaired) electrons. The maximum atomic E-state index is 12.3. The van der Waals surface area contributed by atoms with Gasteiger partial charge in [-0.15, -0.1) is 0 Å². The Morgan fingerprint density at radius 1 is 1.14 bits per heavy atom. The lowest BCUT2D eigenvalue weighted by molar-refractivity contribution is -0.139. The van der Waals surface area contributed by atoms with Gasteiger partial charge in [-0.2, -0.15) is 0 Å². The molecule has 22 heavy (non-hydrogen) atoms. The van der Waals surface area contributed by atoms with Gasteiger partial charge >= 0.3 is 0 Å². The van der Waals surface area contributed by atoms with Crippen molar-refractivity contribution in [3.05, 3.63) is 65.5 Å². The van der Waals surface area contributed by atoms with E-state index in [-0.39, 0.29) is 5.78 Å². The Labute approximate surface area is 127 Å². The zero-order valence-corrected chi connectivity index (χ0v) is 12.0. The molecule has 0 bridgehead atoms. The molecule has 4 rings (SSSR count). The van der Waals surface area contributed by atoms with Crippen molar-refractivity contribution < 1.29 is 9.59 Å². The van der Waals surface area contributed by atoms with Gasteiger partial charge in [-0.25, -0.2) is 0 Å². The maximum absolute atomic E-state index is 12.3. The minimum atomic E-state index is -0.426. The summed E-state index contributed by atoms with van der Waals surface area (Å²) >= 11 is 0. The third kappa shape index (κ3) is 1.88. The fourth-order valence-electron chi connectivity index (χ4n) is 3.13. The molecule has 2 aliphatic rings. The van der Waals surface area contributed by atoms with Crippen molar-refractivity contribution in [1.29, 1.82) is 0 Å². The normalized spacial score (nSPS) is 17.5. The molecule has 0 saturated carbocycles. The molecule has 0 N–H and O–H groups in total. The summed E-state index contributed by atoms with van der Waals surface area (Å²) in [6.45, 7) is 0.394. The first kappa shape index (κ1) is 13.0. The molecule has 108 valence electrons. The number of hydrogen-bond donors (Lipinski definition) is 0. The van der Waals surface area contributed by atoms with E-state index < -0.39 is 5.91 Å². The number of fused-ring (bicyclic) bond motifs is 1. The monoisotopic (exact) mass is 290 g/mol. The number of Topliss-reactive ketones (excluding diaryl/α,β-unsaturated/α-hetero) is 1. The topological polar surface area (TPSA) is 50.3 Å². The molecule has 2 heterocycles. The number of para-hydroxylation sites is 1. The Morgan fingerprint density at radius 2 is 2.00 bits per heavy atom. The third-order valence-corrected chi connectivity index (χ3v) is 4.20. The van der Waals surface area contributed by atoms with Crippen molar-refractivity contribution in [1.82, 2.24) is 9.88 Å². The van der Waals surface area contributed by atoms with Gasteiger partial charge in [-0.05, 0) is 24.5 Å². The quantitative estimate of drug-likeness (QED) is 0.799. The first-order chi connectivity index (χ1) is 10.8. The highest BCUT2D eigenvalue weighted by molar-refractivity contribution is 6.46. The van der Waals surface area contributed by atoms with Crippen LogP contribution in [0.5, 0.6) is 0 Å². The van der Waals surface area contributed by atoms with Crippen molar-refractivity contribution in [2.24, 2.45) is 0 Å². The number of nitrogens with zero attached hydrogens (tertiary/aromatic N) is 2. The van der Waals surface area contributed by atoms with Crippen LogP contribution in [0.25, 0.3) is 10.9 Å². The van der Waals surface area contributed by atoms with E-state index in [4.69, 9.17) is 0 Å². The fraction of sp³-hybridized carbons (Fsp3) is 0.167. The van der Waals surface area contributed by atoms with Gasteiger partial charge in [0.25, 0.3) is 11.7 Å². The van der Waals surface area contributed by atoms with Crippen LogP contribution in [-0.2, 0) is 16.1 Å². The van der Waals surface area contributed by atoms with Crippen LogP contribution in [0, 0.1) is 0 Å². The molecule has 0 saturated heterocycles. The van der Waals surface area contributed by atoms with Gasteiger partial charge in [0.15, 0.2) is 0 Å². The summed E-state index contributed by atoms with van der Waals surface area (Å²) in [7, 11) is 0. The van der Waals surface area contributed by atoms with Crippen LogP contribution in [0.4, 0.5) is 0 Å². The molecule has 4 heteroatoms. The lowest BCUT2D eigenvalue weighted by Gasteiger charge is -2.21. The van der Waals surface area contributed by atoms with E-state index in [1.165, 1.54) is 0 Å². The van der Waals surface area contributed by atoms with Crippen LogP contribution in [0.2, 0.25) is 0 Å². The van der Waals surface area contributed by atoms with Gasteiger partial charge in [0.05, 0.1) is 12.1 Å². The molecule has 0 fully saturated rings. The van der Waals surface area contributed by atoms with Gasteiger partial charge in [0, 0.05) is 22.9 Å². The third-order valence-electron chi connectivity index (χ3n) is 4.20. The van der Waals surface area contributed by atoms with E-state index in [1.807, 2.05) is 36.4 Å². The summed E-state index contributed by atoms with van der Waals surface area (Å²) in [5.41, 5.74) is 3.25. The molecule has 1 aliphatic heterocycles. The van der Waals surface area contributed by atoms with Crippen molar-refractivity contribution in [3.8, 4) is 0 Å². The van der Waals surface area contributed by atoms with Crippen molar-refractivity contribution in [2.45, 2.75) is 19.4 Å². The van der Waals surface area contributed by atoms with E-state index in [2.05, 4.69) is 4.98 Å². The molecule has 0 unspecified atom stereocenters. The van der Waals surface area contributed by atoms with Crippen LogP contribution < -0.4 is 0 Å². The fourth-order valence-corrected chi connectivity index (χ4v) is 3.13. The highest BCUT2D eigenvalue weighted by Gasteiger charge is 2.37. The standard InChI is InChI=1S/C18H14N2O2/c21-17-14-8-1-2-9-15(14)20(18(17)22)11-13-6-3-5-12-7-4-10-19-16(12)13/h1,3-8,10H,2,9,11H2. The van der Waals surface area contributed by atoms with Gasteiger partial charge in [-0.1, -0.05) is 36.4 Å². The first-order valence-electron chi connectivity index (χ1n) is 7.34. The van der Waals surface area contributed by atoms with Gasteiger partial charge in [0.1, 0.15) is 0 Å². The average molecular weight is 290 g/mol. The highest BCUT2D eigenvalue weighted by atomic mass is 16.2. The summed E-state index contributed by atoms with van der Waals surface area (Å²) < 4.78 is 0. The smallest absolute Gasteiger partial charge is 0.299 e. The number of rotatable bonds is 2. The summed E-state index contributed by atoms with van der Waals surface area (Å²) in [6, 6.07) is 9.80. The summed E-state index contributed by atoms with van der Waals surface area (Å²) in [5.74, 6) is -0.816. The van der Waals surface area contributed by atoms with Crippen LogP contribution in [-0.4, -0.2) is 21.6 Å². The molecule has 1 aromatic heterocycles. The number of amides is 1. The molecule has 2 aromatic rings. The van der Waals surface area contributed by atoms with Crippen LogP contribution >= 0.6 is 0 Å². The maximum Gasteiger partial charge on any atom is 0.299 e. The minimum Gasteiger partial charge on any atom is -0.304 e. The highest BCUT2D eigenvalue weighted by Crippen LogP contribution is 2.32. The Bertz CT molecular complexity index is 859. The number of benzene rings is 1. The van der Waals surface area contributed by atoms with E-state index in [9.17, 15) is 9.59 Å². The minimum absolute atomic E-state index is 0.390. The number of hydrogen-bond acceptors (Lipinski definition) is 3. The number of aromatic nitrogens is 1. The zero-order chi connectivity index (χ0) is 15.1. The number of allylic oxidation sites excluding steroid dienone is 3. The largest absolute Gasteiger partial charge is 0.304 e. The number of carbonyl (C=O) groups is 2. The number of carbonyl (C=O) groups excluding carboxylic acids is 2. The second-order valence-electron chi connectivity index (χ2n) is 5.51. The van der Waals surface area contributed by atoms with E-state index in [1.54, 1.807) is 17.2 Å². The Kier molecular flexibility index (Phi) is 2.89. The molecule has 0 atom stereocenters. The Hall–Kier alpha value is -2.75. The van der Waals surface area contributed by atoms with Crippen LogP contribution in [0.15, 0.2) is 60.0 Å². The Morgan fingerprint density at radius 3 is 2.91 bits per heavy atom. The van der Waals surface area contributed by atoms with E-state index in [0.717, 1.165) is 35.0 Å². The summed E-state index contributed by atoms with van der Waals surface area (Å²) in [5, 5.41) is 1.04. The zero-order valence-electron chi connectivity index (χ0n) is 12.0. The number of pyridine rings is 1. The van der Waals surface area contributed by atoms with Gasteiger partial charge in [-0.3, -0.25) is 14.6 Å². The predicted octanol–water partition coefficient (Wildman–Crippen LogP) is 2.75. The van der Waals surface area contributed by atoms with Crippen molar-refractivity contribution >= 4 is 22.6 Å². The summed E-state index contributed by atoms with van der Waals surface area (Å²) in [4.78, 5) is 30.4. The lowest BCUT2D eigenvalue weighted by Crippen LogP contribution is -2.28. The van der Waals surface area contributed by atoms with Crippen LogP contribution in [0.1, 0.15) is 18.4 Å². The Balaban J connectivity index is 1.76. The van der Waals surface area contributed by atoms with Gasteiger partial charge in [0.2, 0.25) is 0 Å². The molecular weight excluding hydrogens is 276 g/mol. The molecular formula is C18H14N2O2. The molecule has 1 aromatic carbocycles. The first-order valence-corrected chi connectivity index (χ1v) is 7.34. The molecule has 1 aliphatic carbocycles. The van der Waals surface area contributed by atoms with Gasteiger partial charge < -0.3 is 4.90 Å². The van der Waals surface area contributed by atoms with E-state index >= 15 is 0 Å². The van der Waals surface area contributed by atoms with E-state index in [0.29, 0.717) is 12.1 Å². The number of ketones is 1. The molecule has 1 amide bonds. The summed E-state index contributed by atoms with van der Waals surface area (Å²) in [6.07, 6.45) is 7.08. The SMILES string of the molecule is O=C1C(=O)N(Cc2cccc3cccnc23)C2=C1C=CCC2. The average Bonchev–Trinajstić information content (AvgIpc) is 2.81.